The third-order valence-corrected chi connectivity index (χ3v) is 8.45. The Morgan fingerprint density at radius 3 is 1.91 bits per heavy atom. The maximum atomic E-state index is 12.7. The summed E-state index contributed by atoms with van der Waals surface area (Å²) in [7, 11) is 1.46. The highest BCUT2D eigenvalue weighted by molar-refractivity contribution is 6.31. The van der Waals surface area contributed by atoms with Gasteiger partial charge in [0.1, 0.15) is 29.7 Å². The van der Waals surface area contributed by atoms with E-state index in [0.29, 0.717) is 41.5 Å². The van der Waals surface area contributed by atoms with Crippen LogP contribution in [-0.4, -0.2) is 80.6 Å². The predicted molar refractivity (Wildman–Crippen MR) is 168 cm³/mol. The largest absolute Gasteiger partial charge is 0.573 e. The number of aliphatic hydroxyl groups excluding tert-OH is 2. The summed E-state index contributed by atoms with van der Waals surface area (Å²) in [6.07, 6.45) is -2.17. The highest BCUT2D eigenvalue weighted by Gasteiger charge is 2.64. The molecule has 4 atom stereocenters. The number of aliphatic hydroxyl groups is 2. The quantitative estimate of drug-likeness (QED) is 0.155. The van der Waals surface area contributed by atoms with Gasteiger partial charge in [-0.1, -0.05) is 69.8 Å². The Balaban J connectivity index is 2.12. The van der Waals surface area contributed by atoms with Crippen molar-refractivity contribution in [1.82, 2.24) is 0 Å². The van der Waals surface area contributed by atoms with E-state index in [-0.39, 0.29) is 12.2 Å². The molecule has 1 heterocycles. The topological polar surface area (TPSA) is 95.8 Å². The van der Waals surface area contributed by atoms with Gasteiger partial charge in [-0.3, -0.25) is 0 Å². The molecular weight excluding hydrogens is 629 g/mol. The van der Waals surface area contributed by atoms with Gasteiger partial charge in [-0.15, -0.1) is 13.2 Å². The molecule has 0 spiro atoms. The molecular formula is C34H48ClF3O8. The fourth-order valence-corrected chi connectivity index (χ4v) is 5.73. The summed E-state index contributed by atoms with van der Waals surface area (Å²) in [4.78, 5) is 0. The Morgan fingerprint density at radius 2 is 1.39 bits per heavy atom. The first kappa shape index (κ1) is 38.5. The van der Waals surface area contributed by atoms with Crippen LogP contribution in [0.1, 0.15) is 76.0 Å². The van der Waals surface area contributed by atoms with E-state index >= 15 is 0 Å². The van der Waals surface area contributed by atoms with Crippen molar-refractivity contribution in [2.24, 2.45) is 0 Å². The summed E-state index contributed by atoms with van der Waals surface area (Å²) in [5.41, 5.74) is 0.194. The van der Waals surface area contributed by atoms with Crippen LogP contribution in [0.4, 0.5) is 13.2 Å². The molecule has 0 unspecified atom stereocenters. The first-order valence-corrected chi connectivity index (χ1v) is 16.4. The van der Waals surface area contributed by atoms with E-state index in [2.05, 4.69) is 11.7 Å². The van der Waals surface area contributed by atoms with E-state index in [4.69, 9.17) is 35.3 Å². The van der Waals surface area contributed by atoms with Crippen molar-refractivity contribution < 1.29 is 51.8 Å². The summed E-state index contributed by atoms with van der Waals surface area (Å²) in [5, 5.41) is 22.0. The molecule has 12 heteroatoms. The van der Waals surface area contributed by atoms with E-state index in [1.165, 1.54) is 31.4 Å². The number of benzene rings is 2. The lowest BCUT2D eigenvalue weighted by atomic mass is 9.80. The second kappa shape index (κ2) is 18.0. The van der Waals surface area contributed by atoms with Crippen LogP contribution in [0.2, 0.25) is 5.02 Å². The molecule has 1 saturated heterocycles. The van der Waals surface area contributed by atoms with E-state index in [1.54, 1.807) is 18.2 Å². The molecule has 1 aliphatic rings. The van der Waals surface area contributed by atoms with Crippen LogP contribution in [0.25, 0.3) is 0 Å². The average molecular weight is 677 g/mol. The van der Waals surface area contributed by atoms with Crippen molar-refractivity contribution in [2.75, 3.05) is 40.1 Å². The predicted octanol–water partition coefficient (Wildman–Crippen LogP) is 6.94. The van der Waals surface area contributed by atoms with Gasteiger partial charge in [0.15, 0.2) is 0 Å². The smallest absolute Gasteiger partial charge is 0.406 e. The Morgan fingerprint density at radius 1 is 0.826 bits per heavy atom. The van der Waals surface area contributed by atoms with Gasteiger partial charge in [-0.2, -0.15) is 0 Å². The molecule has 3 rings (SSSR count). The zero-order valence-corrected chi connectivity index (χ0v) is 27.9. The van der Waals surface area contributed by atoms with Crippen LogP contribution in [-0.2, 0) is 35.9 Å². The van der Waals surface area contributed by atoms with Gasteiger partial charge in [-0.25, -0.2) is 0 Å². The summed E-state index contributed by atoms with van der Waals surface area (Å²) < 4.78 is 74.3. The number of hydrogen-bond donors (Lipinski definition) is 2. The average Bonchev–Trinajstić information content (AvgIpc) is 3.03. The van der Waals surface area contributed by atoms with Crippen LogP contribution >= 0.6 is 11.6 Å². The van der Waals surface area contributed by atoms with Gasteiger partial charge in [0, 0.05) is 37.5 Å². The maximum Gasteiger partial charge on any atom is 0.573 e. The van der Waals surface area contributed by atoms with E-state index in [9.17, 15) is 23.4 Å². The highest BCUT2D eigenvalue weighted by Crippen LogP contribution is 2.47. The number of alkyl halides is 3. The lowest BCUT2D eigenvalue weighted by Crippen LogP contribution is -2.73. The molecule has 0 aliphatic carbocycles. The number of halogens is 4. The molecule has 1 aliphatic heterocycles. The fraction of sp³-hybridized carbons (Fsp3) is 0.647. The van der Waals surface area contributed by atoms with Crippen LogP contribution in [0.3, 0.4) is 0 Å². The summed E-state index contributed by atoms with van der Waals surface area (Å²) in [6, 6.07) is 10.7. The molecule has 0 radical (unpaired) electrons. The first-order chi connectivity index (χ1) is 22.0. The molecule has 0 saturated carbocycles. The fourth-order valence-electron chi connectivity index (χ4n) is 5.54. The van der Waals surface area contributed by atoms with E-state index in [1.807, 2.05) is 13.8 Å². The Hall–Kier alpha value is -1.96. The highest BCUT2D eigenvalue weighted by atomic mass is 35.5. The van der Waals surface area contributed by atoms with Gasteiger partial charge in [0.25, 0.3) is 0 Å². The molecule has 260 valence electrons. The minimum absolute atomic E-state index is 0.268. The number of ether oxygens (including phenoxy) is 6. The number of unbranched alkanes of at least 4 members (excludes halogenated alkanes) is 3. The molecule has 0 aromatic heterocycles. The Kier molecular flexibility index (Phi) is 15.0. The zero-order chi connectivity index (χ0) is 33.8. The second-order valence-corrected chi connectivity index (χ2v) is 11.9. The molecule has 2 aromatic rings. The lowest BCUT2D eigenvalue weighted by molar-refractivity contribution is -0.414. The van der Waals surface area contributed by atoms with E-state index in [0.717, 1.165) is 38.5 Å². The molecule has 0 bridgehead atoms. The van der Waals surface area contributed by atoms with Crippen LogP contribution in [0, 0.1) is 0 Å². The maximum absolute atomic E-state index is 12.7. The SMILES string of the molecule is CCCCO[C@@H]1[C@@H](OCCCC)[C@](OC)(c2ccc(Cl)c(Cc3ccc(OC(F)(F)F)cc3)c2)OC(CO)(CO)[C@H]1OCCCC. The third kappa shape index (κ3) is 9.56. The lowest BCUT2D eigenvalue weighted by Gasteiger charge is -2.56. The van der Waals surface area contributed by atoms with Crippen molar-refractivity contribution in [2.45, 2.75) is 102 Å². The third-order valence-electron chi connectivity index (χ3n) is 8.08. The zero-order valence-electron chi connectivity index (χ0n) is 27.1. The molecule has 1 fully saturated rings. The van der Waals surface area contributed by atoms with Crippen molar-refractivity contribution in [3.8, 4) is 5.75 Å². The number of rotatable bonds is 19. The minimum atomic E-state index is -4.79. The molecule has 2 aromatic carbocycles. The monoisotopic (exact) mass is 676 g/mol. The van der Waals surface area contributed by atoms with Gasteiger partial charge < -0.3 is 38.6 Å². The standard InChI is InChI=1S/C34H48ClF3O8/c1-5-8-17-42-29-30(43-18-9-6-2)32(22-39,23-40)46-33(41-4,31(29)44-19-10-7-3)26-13-16-28(35)25(21-26)20-24-11-14-27(15-12-24)45-34(36,37)38/h11-16,21,29-31,39-40H,5-10,17-20,22-23H2,1-4H3/t29-,30-,31+,33-/m0/s1. The Bertz CT molecular complexity index is 1180. The molecule has 46 heavy (non-hydrogen) atoms. The van der Waals surface area contributed by atoms with Gasteiger partial charge in [0.2, 0.25) is 5.79 Å². The summed E-state index contributed by atoms with van der Waals surface area (Å²) in [6.45, 7) is 6.07. The summed E-state index contributed by atoms with van der Waals surface area (Å²) in [5.74, 6) is -2.00. The molecule has 8 nitrogen and oxygen atoms in total. The summed E-state index contributed by atoms with van der Waals surface area (Å²) >= 11 is 6.64. The second-order valence-electron chi connectivity index (χ2n) is 11.5. The van der Waals surface area contributed by atoms with Crippen molar-refractivity contribution >= 4 is 11.6 Å². The van der Waals surface area contributed by atoms with Gasteiger partial charge in [0.05, 0.1) is 13.2 Å². The number of hydrogen-bond acceptors (Lipinski definition) is 8. The van der Waals surface area contributed by atoms with Crippen LogP contribution in [0.5, 0.6) is 5.75 Å². The van der Waals surface area contributed by atoms with E-state index < -0.39 is 49.3 Å². The van der Waals surface area contributed by atoms with Gasteiger partial charge >= 0.3 is 6.36 Å². The normalized spacial score (nSPS) is 23.0. The van der Waals surface area contributed by atoms with Crippen molar-refractivity contribution in [3.05, 3.63) is 64.2 Å². The number of methoxy groups -OCH3 is 1. The first-order valence-electron chi connectivity index (χ1n) is 16.0. The van der Waals surface area contributed by atoms with Gasteiger partial charge in [-0.05, 0) is 61.1 Å². The van der Waals surface area contributed by atoms with Crippen molar-refractivity contribution in [3.63, 3.8) is 0 Å². The van der Waals surface area contributed by atoms with Crippen molar-refractivity contribution in [1.29, 1.82) is 0 Å². The molecule has 2 N–H and O–H groups in total. The molecule has 0 amide bonds. The van der Waals surface area contributed by atoms with Crippen LogP contribution in [0.15, 0.2) is 42.5 Å². The minimum Gasteiger partial charge on any atom is -0.406 e. The Labute approximate surface area is 275 Å². The van der Waals surface area contributed by atoms with Crippen LogP contribution < -0.4 is 4.74 Å².